The van der Waals surface area contributed by atoms with Crippen molar-refractivity contribution in [3.05, 3.63) is 52.3 Å². The Morgan fingerprint density at radius 3 is 2.83 bits per heavy atom. The molecule has 4 heteroatoms. The van der Waals surface area contributed by atoms with E-state index in [4.69, 9.17) is 16.7 Å². The zero-order valence-corrected chi connectivity index (χ0v) is 10.8. The molecule has 1 aromatic heterocycles. The third-order valence-corrected chi connectivity index (χ3v) is 3.05. The molecule has 0 bridgehead atoms. The minimum absolute atomic E-state index is 0.138. The highest BCUT2D eigenvalue weighted by Gasteiger charge is 2.06. The van der Waals surface area contributed by atoms with Crippen LogP contribution in [0.25, 0.3) is 0 Å². The molecule has 3 nitrogen and oxygen atoms in total. The van der Waals surface area contributed by atoms with Gasteiger partial charge in [0.15, 0.2) is 0 Å². The van der Waals surface area contributed by atoms with Crippen molar-refractivity contribution in [2.75, 3.05) is 6.61 Å². The summed E-state index contributed by atoms with van der Waals surface area (Å²) in [6.07, 6.45) is 1.64. The van der Waals surface area contributed by atoms with Crippen LogP contribution in [0.15, 0.2) is 30.5 Å². The number of aliphatic hydroxyl groups excluding tert-OH is 1. The molecular weight excluding hydrogens is 248 g/mol. The molecule has 2 rings (SSSR count). The molecule has 1 N–H and O–H groups in total. The molecule has 92 valence electrons. The molecule has 1 heterocycles. The Morgan fingerprint density at radius 1 is 1.39 bits per heavy atom. The Bertz CT molecular complexity index is 608. The summed E-state index contributed by atoms with van der Waals surface area (Å²) in [4.78, 5) is 0. The van der Waals surface area contributed by atoms with Crippen molar-refractivity contribution < 1.29 is 5.11 Å². The molecule has 0 saturated carbocycles. The quantitative estimate of drug-likeness (QED) is 0.841. The first-order valence-corrected chi connectivity index (χ1v) is 5.95. The average Bonchev–Trinajstić information content (AvgIpc) is 2.70. The second kappa shape index (κ2) is 5.72. The third-order valence-electron chi connectivity index (χ3n) is 2.68. The summed E-state index contributed by atoms with van der Waals surface area (Å²) in [6.45, 7) is 2.41. The van der Waals surface area contributed by atoms with Gasteiger partial charge in [-0.2, -0.15) is 5.10 Å². The zero-order chi connectivity index (χ0) is 13.0. The van der Waals surface area contributed by atoms with Crippen molar-refractivity contribution in [1.29, 1.82) is 0 Å². The van der Waals surface area contributed by atoms with E-state index in [9.17, 15) is 0 Å². The maximum absolute atomic E-state index is 8.75. The number of benzene rings is 1. The van der Waals surface area contributed by atoms with Crippen LogP contribution in [0.2, 0.25) is 5.02 Å². The maximum Gasteiger partial charge on any atom is 0.104 e. The van der Waals surface area contributed by atoms with Gasteiger partial charge in [0.05, 0.1) is 23.5 Å². The van der Waals surface area contributed by atoms with E-state index in [2.05, 4.69) is 16.9 Å². The second-order valence-electron chi connectivity index (χ2n) is 3.85. The van der Waals surface area contributed by atoms with Gasteiger partial charge in [-0.15, -0.1) is 0 Å². The Hall–Kier alpha value is -1.76. The van der Waals surface area contributed by atoms with E-state index in [0.717, 1.165) is 16.8 Å². The first-order valence-electron chi connectivity index (χ1n) is 5.58. The Kier molecular flexibility index (Phi) is 4.03. The Morgan fingerprint density at radius 2 is 2.17 bits per heavy atom. The first kappa shape index (κ1) is 12.7. The number of nitrogens with zero attached hydrogens (tertiary/aromatic N) is 2. The van der Waals surface area contributed by atoms with Gasteiger partial charge in [0.25, 0.3) is 0 Å². The highest BCUT2D eigenvalue weighted by molar-refractivity contribution is 6.31. The lowest BCUT2D eigenvalue weighted by atomic mass is 10.1. The summed E-state index contributed by atoms with van der Waals surface area (Å²) in [5.74, 6) is 5.60. The summed E-state index contributed by atoms with van der Waals surface area (Å²) in [6, 6.07) is 7.81. The van der Waals surface area contributed by atoms with Gasteiger partial charge in [0.1, 0.15) is 6.61 Å². The molecule has 2 aromatic rings. The minimum atomic E-state index is -0.138. The Balaban J connectivity index is 2.32. The van der Waals surface area contributed by atoms with Gasteiger partial charge in [0, 0.05) is 5.56 Å². The van der Waals surface area contributed by atoms with Gasteiger partial charge in [-0.25, -0.2) is 0 Å². The van der Waals surface area contributed by atoms with Crippen LogP contribution in [0.4, 0.5) is 0 Å². The molecule has 0 saturated heterocycles. The lowest BCUT2D eigenvalue weighted by molar-refractivity contribution is 0.350. The van der Waals surface area contributed by atoms with Crippen molar-refractivity contribution >= 4 is 11.6 Å². The predicted octanol–water partition coefficient (Wildman–Crippen LogP) is 2.24. The normalized spacial score (nSPS) is 9.94. The van der Waals surface area contributed by atoms with Gasteiger partial charge < -0.3 is 5.11 Å². The van der Waals surface area contributed by atoms with E-state index in [-0.39, 0.29) is 6.61 Å². The first-order chi connectivity index (χ1) is 8.72. The number of rotatable bonds is 2. The number of hydrogen-bond acceptors (Lipinski definition) is 2. The van der Waals surface area contributed by atoms with E-state index in [1.54, 1.807) is 6.20 Å². The topological polar surface area (TPSA) is 38.0 Å². The van der Waals surface area contributed by atoms with Crippen molar-refractivity contribution in [3.63, 3.8) is 0 Å². The van der Waals surface area contributed by atoms with Gasteiger partial charge in [0.2, 0.25) is 0 Å². The highest BCUT2D eigenvalue weighted by Crippen LogP contribution is 2.16. The SMILES string of the molecule is Cc1c(Cl)cnn1Cc1ccccc1C#CCO. The molecule has 0 aliphatic carbocycles. The molecule has 0 atom stereocenters. The molecule has 0 fully saturated rings. The van der Waals surface area contributed by atoms with Crippen molar-refractivity contribution in [1.82, 2.24) is 9.78 Å². The summed E-state index contributed by atoms with van der Waals surface area (Å²) >= 11 is 5.97. The standard InChI is InChI=1S/C14H13ClN2O/c1-11-14(15)9-16-17(11)10-13-6-3-2-5-12(13)7-4-8-18/h2-3,5-6,9,18H,8,10H2,1H3. The molecule has 0 amide bonds. The van der Waals surface area contributed by atoms with Crippen LogP contribution in [0.1, 0.15) is 16.8 Å². The number of halogens is 1. The molecule has 0 aliphatic rings. The van der Waals surface area contributed by atoms with Crippen LogP contribution in [0, 0.1) is 18.8 Å². The number of hydrogen-bond donors (Lipinski definition) is 1. The summed E-state index contributed by atoms with van der Waals surface area (Å²) < 4.78 is 1.84. The molecule has 0 radical (unpaired) electrons. The molecule has 1 aromatic carbocycles. The second-order valence-corrected chi connectivity index (χ2v) is 4.26. The zero-order valence-electron chi connectivity index (χ0n) is 10.0. The maximum atomic E-state index is 8.75. The Labute approximate surface area is 111 Å². The van der Waals surface area contributed by atoms with Crippen LogP contribution in [0.5, 0.6) is 0 Å². The third kappa shape index (κ3) is 2.73. The monoisotopic (exact) mass is 260 g/mol. The predicted molar refractivity (Wildman–Crippen MR) is 71.5 cm³/mol. The highest BCUT2D eigenvalue weighted by atomic mass is 35.5. The van der Waals surface area contributed by atoms with Crippen molar-refractivity contribution in [3.8, 4) is 11.8 Å². The van der Waals surface area contributed by atoms with Crippen LogP contribution >= 0.6 is 11.6 Å². The van der Waals surface area contributed by atoms with Crippen molar-refractivity contribution in [2.24, 2.45) is 0 Å². The van der Waals surface area contributed by atoms with Crippen LogP contribution in [-0.2, 0) is 6.54 Å². The number of aromatic nitrogens is 2. The average molecular weight is 261 g/mol. The van der Waals surface area contributed by atoms with E-state index in [1.165, 1.54) is 0 Å². The van der Waals surface area contributed by atoms with E-state index < -0.39 is 0 Å². The summed E-state index contributed by atoms with van der Waals surface area (Å²) in [7, 11) is 0. The van der Waals surface area contributed by atoms with Gasteiger partial charge >= 0.3 is 0 Å². The molecule has 0 unspecified atom stereocenters. The van der Waals surface area contributed by atoms with Gasteiger partial charge in [-0.1, -0.05) is 41.6 Å². The fraction of sp³-hybridized carbons (Fsp3) is 0.214. The summed E-state index contributed by atoms with van der Waals surface area (Å²) in [5.41, 5.74) is 2.89. The van der Waals surface area contributed by atoms with E-state index in [0.29, 0.717) is 11.6 Å². The minimum Gasteiger partial charge on any atom is -0.384 e. The molecule has 0 spiro atoms. The molecule has 0 aliphatic heterocycles. The van der Waals surface area contributed by atoms with E-state index in [1.807, 2.05) is 35.9 Å². The van der Waals surface area contributed by atoms with Crippen LogP contribution in [0.3, 0.4) is 0 Å². The van der Waals surface area contributed by atoms with Gasteiger partial charge in [-0.05, 0) is 18.6 Å². The molecule has 18 heavy (non-hydrogen) atoms. The fourth-order valence-electron chi connectivity index (χ4n) is 1.66. The largest absolute Gasteiger partial charge is 0.384 e. The summed E-state index contributed by atoms with van der Waals surface area (Å²) in [5, 5.41) is 13.6. The van der Waals surface area contributed by atoms with Gasteiger partial charge in [-0.3, -0.25) is 4.68 Å². The lowest BCUT2D eigenvalue weighted by Crippen LogP contribution is -2.05. The smallest absolute Gasteiger partial charge is 0.104 e. The van der Waals surface area contributed by atoms with Crippen LogP contribution in [-0.4, -0.2) is 21.5 Å². The lowest BCUT2D eigenvalue weighted by Gasteiger charge is -2.07. The van der Waals surface area contributed by atoms with Crippen LogP contribution < -0.4 is 0 Å². The fourth-order valence-corrected chi connectivity index (χ4v) is 1.80. The number of aliphatic hydroxyl groups is 1. The molecular formula is C14H13ClN2O. The van der Waals surface area contributed by atoms with E-state index >= 15 is 0 Å². The van der Waals surface area contributed by atoms with Crippen molar-refractivity contribution in [2.45, 2.75) is 13.5 Å².